The lowest BCUT2D eigenvalue weighted by Gasteiger charge is -2.29. The molecule has 0 aromatic carbocycles. The Labute approximate surface area is 144 Å². The number of pyridine rings is 1. The average Bonchev–Trinajstić information content (AvgIpc) is 2.61. The van der Waals surface area contributed by atoms with Crippen LogP contribution in [0.4, 0.5) is 0 Å². The molecule has 0 radical (unpaired) electrons. The monoisotopic (exact) mass is 343 g/mol. The highest BCUT2D eigenvalue weighted by atomic mass is 16.2. The Kier molecular flexibility index (Phi) is 5.08. The van der Waals surface area contributed by atoms with E-state index in [0.717, 1.165) is 30.5 Å². The summed E-state index contributed by atoms with van der Waals surface area (Å²) < 4.78 is 0.992. The summed E-state index contributed by atoms with van der Waals surface area (Å²) >= 11 is 0. The maximum Gasteiger partial charge on any atom is 0.328 e. The summed E-state index contributed by atoms with van der Waals surface area (Å²) in [7, 11) is 2.04. The van der Waals surface area contributed by atoms with Crippen LogP contribution in [0.1, 0.15) is 28.9 Å². The lowest BCUT2D eigenvalue weighted by molar-refractivity contribution is 0.0914. The Hall–Kier alpha value is -2.74. The van der Waals surface area contributed by atoms with Gasteiger partial charge in [0.25, 0.3) is 11.5 Å². The average molecular weight is 343 g/mol. The first-order chi connectivity index (χ1) is 12.0. The largest absolute Gasteiger partial charge is 0.349 e. The van der Waals surface area contributed by atoms with E-state index >= 15 is 0 Å². The molecule has 132 valence electrons. The highest BCUT2D eigenvalue weighted by Gasteiger charge is 2.21. The first kappa shape index (κ1) is 17.1. The summed E-state index contributed by atoms with van der Waals surface area (Å²) in [5.74, 6) is -0.453. The van der Waals surface area contributed by atoms with Gasteiger partial charge in [-0.05, 0) is 45.1 Å². The topological polar surface area (TPSA) is 100 Å². The molecule has 1 fully saturated rings. The van der Waals surface area contributed by atoms with E-state index in [1.807, 2.05) is 7.05 Å². The van der Waals surface area contributed by atoms with E-state index in [9.17, 15) is 14.4 Å². The van der Waals surface area contributed by atoms with Gasteiger partial charge in [-0.1, -0.05) is 6.07 Å². The normalized spacial score (nSPS) is 15.9. The molecule has 8 nitrogen and oxygen atoms in total. The van der Waals surface area contributed by atoms with Gasteiger partial charge in [-0.3, -0.25) is 19.1 Å². The van der Waals surface area contributed by atoms with Crippen LogP contribution in [0.3, 0.4) is 0 Å². The standard InChI is InChI=1S/C17H21N5O3/c1-21-8-5-12(6-9-21)20-15(23)14-10-19-17(25)22(16(14)24)11-13-4-2-3-7-18-13/h2-4,7,10,12H,5-6,8-9,11H2,1H3,(H,19,25)(H,20,23). The minimum absolute atomic E-state index is 0.0182. The van der Waals surface area contributed by atoms with Crippen molar-refractivity contribution in [3.63, 3.8) is 0 Å². The molecule has 3 rings (SSSR count). The number of carbonyl (C=O) groups excluding carboxylic acids is 1. The van der Waals surface area contributed by atoms with E-state index < -0.39 is 17.2 Å². The number of H-pyrrole nitrogens is 1. The number of nitrogens with one attached hydrogen (secondary N) is 2. The molecule has 0 spiro atoms. The van der Waals surface area contributed by atoms with Gasteiger partial charge in [0.1, 0.15) is 5.56 Å². The van der Waals surface area contributed by atoms with Gasteiger partial charge >= 0.3 is 5.69 Å². The van der Waals surface area contributed by atoms with Crippen LogP contribution < -0.4 is 16.6 Å². The number of hydrogen-bond donors (Lipinski definition) is 2. The number of piperidine rings is 1. The van der Waals surface area contributed by atoms with Crippen molar-refractivity contribution in [2.24, 2.45) is 0 Å². The quantitative estimate of drug-likeness (QED) is 0.801. The molecule has 1 aliphatic heterocycles. The van der Waals surface area contributed by atoms with E-state index in [4.69, 9.17) is 0 Å². The van der Waals surface area contributed by atoms with Gasteiger partial charge in [-0.15, -0.1) is 0 Å². The molecule has 3 heterocycles. The van der Waals surface area contributed by atoms with Crippen LogP contribution in [0.5, 0.6) is 0 Å². The van der Waals surface area contributed by atoms with Crippen molar-refractivity contribution in [2.75, 3.05) is 20.1 Å². The number of amides is 1. The van der Waals surface area contributed by atoms with Gasteiger partial charge < -0.3 is 15.2 Å². The molecule has 2 aromatic rings. The summed E-state index contributed by atoms with van der Waals surface area (Å²) in [4.78, 5) is 45.8. The summed E-state index contributed by atoms with van der Waals surface area (Å²) in [6.45, 7) is 1.82. The van der Waals surface area contributed by atoms with Gasteiger partial charge in [-0.2, -0.15) is 0 Å². The number of aromatic amines is 1. The van der Waals surface area contributed by atoms with E-state index in [-0.39, 0.29) is 18.2 Å². The van der Waals surface area contributed by atoms with Crippen molar-refractivity contribution in [3.05, 3.63) is 62.7 Å². The Balaban J connectivity index is 1.80. The van der Waals surface area contributed by atoms with Gasteiger partial charge in [-0.25, -0.2) is 4.79 Å². The maximum atomic E-state index is 12.6. The van der Waals surface area contributed by atoms with Crippen molar-refractivity contribution in [2.45, 2.75) is 25.4 Å². The van der Waals surface area contributed by atoms with Crippen molar-refractivity contribution in [3.8, 4) is 0 Å². The first-order valence-corrected chi connectivity index (χ1v) is 8.26. The zero-order chi connectivity index (χ0) is 17.8. The van der Waals surface area contributed by atoms with Crippen molar-refractivity contribution in [1.29, 1.82) is 0 Å². The fraction of sp³-hybridized carbons (Fsp3) is 0.412. The highest BCUT2D eigenvalue weighted by Crippen LogP contribution is 2.08. The van der Waals surface area contributed by atoms with E-state index in [0.29, 0.717) is 5.69 Å². The summed E-state index contributed by atoms with van der Waals surface area (Å²) in [6, 6.07) is 5.29. The Morgan fingerprint density at radius 2 is 2.08 bits per heavy atom. The number of likely N-dealkylation sites (tertiary alicyclic amines) is 1. The molecule has 0 bridgehead atoms. The molecule has 0 saturated carbocycles. The van der Waals surface area contributed by atoms with Crippen LogP contribution in [-0.2, 0) is 6.54 Å². The number of aromatic nitrogens is 3. The Morgan fingerprint density at radius 1 is 1.32 bits per heavy atom. The van der Waals surface area contributed by atoms with Crippen molar-refractivity contribution >= 4 is 5.91 Å². The number of hydrogen-bond acceptors (Lipinski definition) is 5. The first-order valence-electron chi connectivity index (χ1n) is 8.26. The zero-order valence-corrected chi connectivity index (χ0v) is 14.1. The van der Waals surface area contributed by atoms with E-state index in [2.05, 4.69) is 20.2 Å². The van der Waals surface area contributed by atoms with Gasteiger partial charge in [0.05, 0.1) is 12.2 Å². The lowest BCUT2D eigenvalue weighted by atomic mass is 10.1. The molecule has 2 N–H and O–H groups in total. The lowest BCUT2D eigenvalue weighted by Crippen LogP contribution is -2.46. The third-order valence-electron chi connectivity index (χ3n) is 4.41. The SMILES string of the molecule is CN1CCC(NC(=O)c2c[nH]c(=O)n(Cc3ccccn3)c2=O)CC1. The second-order valence-electron chi connectivity index (χ2n) is 6.27. The number of rotatable bonds is 4. The highest BCUT2D eigenvalue weighted by molar-refractivity contribution is 5.93. The van der Waals surface area contributed by atoms with Crippen LogP contribution in [0.2, 0.25) is 0 Å². The second kappa shape index (κ2) is 7.43. The smallest absolute Gasteiger partial charge is 0.328 e. The molecular weight excluding hydrogens is 322 g/mol. The third kappa shape index (κ3) is 4.03. The summed E-state index contributed by atoms with van der Waals surface area (Å²) in [5, 5.41) is 2.89. The number of nitrogens with zero attached hydrogens (tertiary/aromatic N) is 3. The molecule has 8 heteroatoms. The summed E-state index contributed by atoms with van der Waals surface area (Å²) in [5.41, 5.74) is -0.663. The second-order valence-corrected chi connectivity index (χ2v) is 6.27. The minimum atomic E-state index is -0.611. The fourth-order valence-electron chi connectivity index (χ4n) is 2.89. The van der Waals surface area contributed by atoms with E-state index in [1.165, 1.54) is 6.20 Å². The van der Waals surface area contributed by atoms with Crippen LogP contribution >= 0.6 is 0 Å². The van der Waals surface area contributed by atoms with Gasteiger partial charge in [0, 0.05) is 18.4 Å². The third-order valence-corrected chi connectivity index (χ3v) is 4.41. The van der Waals surface area contributed by atoms with Crippen LogP contribution in [0.25, 0.3) is 0 Å². The van der Waals surface area contributed by atoms with Gasteiger partial charge in [0.15, 0.2) is 0 Å². The maximum absolute atomic E-state index is 12.6. The molecule has 2 aromatic heterocycles. The van der Waals surface area contributed by atoms with Crippen LogP contribution in [0, 0.1) is 0 Å². The molecule has 25 heavy (non-hydrogen) atoms. The minimum Gasteiger partial charge on any atom is -0.349 e. The Morgan fingerprint density at radius 3 is 2.76 bits per heavy atom. The van der Waals surface area contributed by atoms with E-state index in [1.54, 1.807) is 24.4 Å². The molecule has 1 saturated heterocycles. The molecule has 1 aliphatic rings. The van der Waals surface area contributed by atoms with Crippen molar-refractivity contribution < 1.29 is 4.79 Å². The van der Waals surface area contributed by atoms with Crippen LogP contribution in [-0.4, -0.2) is 51.5 Å². The number of carbonyl (C=O) groups is 1. The predicted octanol–water partition coefficient (Wildman–Crippen LogP) is -0.196. The zero-order valence-electron chi connectivity index (χ0n) is 14.1. The molecule has 1 amide bonds. The summed E-state index contributed by atoms with van der Waals surface area (Å²) in [6.07, 6.45) is 4.45. The Bertz CT molecular complexity index is 851. The fourth-order valence-corrected chi connectivity index (χ4v) is 2.89. The molecule has 0 aliphatic carbocycles. The van der Waals surface area contributed by atoms with Gasteiger partial charge in [0.2, 0.25) is 0 Å². The molecular formula is C17H21N5O3. The van der Waals surface area contributed by atoms with Crippen LogP contribution in [0.15, 0.2) is 40.2 Å². The molecule has 0 atom stereocenters. The predicted molar refractivity (Wildman–Crippen MR) is 92.6 cm³/mol. The molecule has 0 unspecified atom stereocenters. The van der Waals surface area contributed by atoms with Crippen molar-refractivity contribution in [1.82, 2.24) is 24.8 Å².